The van der Waals surface area contributed by atoms with Crippen molar-refractivity contribution in [2.75, 3.05) is 0 Å². The van der Waals surface area contributed by atoms with Crippen LogP contribution < -0.4 is 9.61 Å². The molecule has 2 aromatic heterocycles. The van der Waals surface area contributed by atoms with E-state index in [2.05, 4.69) is 4.98 Å². The van der Waals surface area contributed by atoms with E-state index in [1.165, 1.54) is 11.3 Å². The third-order valence-corrected chi connectivity index (χ3v) is 7.97. The number of rotatable bonds is 1. The second-order valence-electron chi connectivity index (χ2n) is 5.72. The fourth-order valence-corrected chi connectivity index (χ4v) is 7.00. The van der Waals surface area contributed by atoms with Crippen LogP contribution in [-0.2, 0) is 4.79 Å². The number of thiophene rings is 1. The van der Waals surface area contributed by atoms with Gasteiger partial charge in [-0.15, -0.1) is 11.3 Å². The predicted molar refractivity (Wildman–Crippen MR) is 95.3 cm³/mol. The number of hydrogen-bond donors (Lipinski definition) is 1. The quantitative estimate of drug-likeness (QED) is 0.517. The molecule has 0 fully saturated rings. The summed E-state index contributed by atoms with van der Waals surface area (Å²) >= 11 is 4.40. The zero-order chi connectivity index (χ0) is 16.3. The highest BCUT2D eigenvalue weighted by Crippen LogP contribution is 2.59. The Morgan fingerprint density at radius 1 is 1.08 bits per heavy atom. The largest absolute Gasteiger partial charge is 0.426 e. The summed E-state index contributed by atoms with van der Waals surface area (Å²) in [6.07, 6.45) is 0. The van der Waals surface area contributed by atoms with E-state index >= 15 is 0 Å². The van der Waals surface area contributed by atoms with Crippen LogP contribution in [0, 0.1) is 5.92 Å². The molecule has 0 aliphatic carbocycles. The third-order valence-electron chi connectivity index (χ3n) is 4.42. The van der Waals surface area contributed by atoms with Gasteiger partial charge in [-0.2, -0.15) is 0 Å². The minimum atomic E-state index is -0.317. The molecule has 4 heterocycles. The molecule has 0 spiro atoms. The number of fused-ring (bicyclic) bond motifs is 5. The van der Waals surface area contributed by atoms with Gasteiger partial charge in [0.05, 0.1) is 16.2 Å². The Hall–Kier alpha value is -1.83. The van der Waals surface area contributed by atoms with E-state index < -0.39 is 0 Å². The Bertz CT molecular complexity index is 989. The second kappa shape index (κ2) is 5.34. The molecule has 2 aliphatic heterocycles. The van der Waals surface area contributed by atoms with Gasteiger partial charge >= 0.3 is 10.8 Å². The summed E-state index contributed by atoms with van der Waals surface area (Å²) < 4.78 is 5.62. The number of ether oxygens (including phenoxy) is 1. The van der Waals surface area contributed by atoms with Crippen molar-refractivity contribution in [1.29, 1.82) is 0 Å². The highest BCUT2D eigenvalue weighted by molar-refractivity contribution is 7.99. The molecule has 4 nitrogen and oxygen atoms in total. The summed E-state index contributed by atoms with van der Waals surface area (Å²) in [5, 5.41) is 2.85. The van der Waals surface area contributed by atoms with Crippen molar-refractivity contribution in [1.82, 2.24) is 4.98 Å². The maximum Gasteiger partial charge on any atom is 0.316 e. The molecule has 3 atom stereocenters. The Morgan fingerprint density at radius 3 is 2.79 bits per heavy atom. The van der Waals surface area contributed by atoms with E-state index in [4.69, 9.17) is 4.74 Å². The van der Waals surface area contributed by atoms with Gasteiger partial charge in [0.25, 0.3) is 0 Å². The molecule has 0 saturated heterocycles. The number of para-hydroxylation sites is 1. The summed E-state index contributed by atoms with van der Waals surface area (Å²) in [7, 11) is 0. The number of nitrogens with one attached hydrogen (secondary N) is 1. The lowest BCUT2D eigenvalue weighted by molar-refractivity contribution is -0.140. The summed E-state index contributed by atoms with van der Waals surface area (Å²) in [5.74, 6) is -0.0549. The molecule has 0 saturated carbocycles. The number of aromatic amines is 1. The van der Waals surface area contributed by atoms with E-state index in [1.54, 1.807) is 23.1 Å². The van der Waals surface area contributed by atoms with Crippen molar-refractivity contribution in [2.24, 2.45) is 5.92 Å². The summed E-state index contributed by atoms with van der Waals surface area (Å²) in [6, 6.07) is 11.7. The van der Waals surface area contributed by atoms with E-state index in [0.717, 1.165) is 20.3 Å². The first-order valence-electron chi connectivity index (χ1n) is 7.46. The fourth-order valence-electron chi connectivity index (χ4n) is 3.45. The van der Waals surface area contributed by atoms with Crippen LogP contribution in [-0.4, -0.2) is 11.0 Å². The van der Waals surface area contributed by atoms with Gasteiger partial charge in [-0.3, -0.25) is 9.59 Å². The Morgan fingerprint density at radius 2 is 1.96 bits per heavy atom. The molecule has 0 radical (unpaired) electrons. The zero-order valence-electron chi connectivity index (χ0n) is 12.2. The van der Waals surface area contributed by atoms with Crippen molar-refractivity contribution in [3.05, 3.63) is 66.8 Å². The second-order valence-corrected chi connectivity index (χ2v) is 8.87. The molecule has 7 heteroatoms. The van der Waals surface area contributed by atoms with E-state index in [9.17, 15) is 9.59 Å². The molecular weight excluding hydrogens is 362 g/mol. The van der Waals surface area contributed by atoms with E-state index in [1.807, 2.05) is 41.8 Å². The average molecular weight is 373 g/mol. The average Bonchev–Trinajstić information content (AvgIpc) is 3.22. The molecule has 5 rings (SSSR count). The number of H-pyrrole nitrogens is 1. The van der Waals surface area contributed by atoms with Crippen LogP contribution >= 0.6 is 34.4 Å². The van der Waals surface area contributed by atoms with E-state index in [0.29, 0.717) is 5.75 Å². The van der Waals surface area contributed by atoms with Crippen molar-refractivity contribution in [2.45, 2.75) is 16.2 Å². The number of esters is 1. The SMILES string of the molecule is O=C1Oc2ccccc2[C@@H]2c3sc(=O)[nH]c3S[C@@H](c3cccs3)[C@H]12. The van der Waals surface area contributed by atoms with Gasteiger partial charge in [-0.05, 0) is 17.5 Å². The standard InChI is InChI=1S/C17H11NO3S3/c19-16-12-11(8-4-1-2-5-9(8)21-16)14-15(18-17(20)24-14)23-13(12)10-6-3-7-22-10/h1-7,11-13H,(H,18,20)/t11-,12+,13-/m0/s1. The van der Waals surface area contributed by atoms with Gasteiger partial charge in [0, 0.05) is 21.2 Å². The predicted octanol–water partition coefficient (Wildman–Crippen LogP) is 4.01. The van der Waals surface area contributed by atoms with Crippen LogP contribution in [0.1, 0.15) is 26.5 Å². The van der Waals surface area contributed by atoms with Gasteiger partial charge < -0.3 is 9.72 Å². The van der Waals surface area contributed by atoms with Gasteiger partial charge in [-0.25, -0.2) is 0 Å². The number of benzene rings is 1. The summed E-state index contributed by atoms with van der Waals surface area (Å²) in [6.45, 7) is 0. The van der Waals surface area contributed by atoms with Gasteiger partial charge in [0.15, 0.2) is 0 Å². The number of hydrogen-bond acceptors (Lipinski definition) is 6. The van der Waals surface area contributed by atoms with Crippen molar-refractivity contribution >= 4 is 40.4 Å². The Labute approximate surface area is 149 Å². The van der Waals surface area contributed by atoms with Crippen LogP contribution in [0.25, 0.3) is 0 Å². The number of aromatic nitrogens is 1. The number of thioether (sulfide) groups is 1. The first-order chi connectivity index (χ1) is 11.7. The highest BCUT2D eigenvalue weighted by Gasteiger charge is 2.49. The summed E-state index contributed by atoms with van der Waals surface area (Å²) in [4.78, 5) is 29.7. The minimum absolute atomic E-state index is 0.0476. The Kier molecular flexibility index (Phi) is 3.23. The normalized spacial score (nSPS) is 24.7. The maximum absolute atomic E-state index is 12.8. The lowest BCUT2D eigenvalue weighted by atomic mass is 9.80. The highest BCUT2D eigenvalue weighted by atomic mass is 32.2. The first-order valence-corrected chi connectivity index (χ1v) is 10.0. The van der Waals surface area contributed by atoms with Crippen LogP contribution in [0.4, 0.5) is 0 Å². The molecule has 0 amide bonds. The molecular formula is C17H11NO3S3. The van der Waals surface area contributed by atoms with Crippen LogP contribution in [0.15, 0.2) is 51.6 Å². The molecule has 0 unspecified atom stereocenters. The molecule has 2 aliphatic rings. The maximum atomic E-state index is 12.8. The van der Waals surface area contributed by atoms with Crippen LogP contribution in [0.2, 0.25) is 0 Å². The molecule has 24 heavy (non-hydrogen) atoms. The fraction of sp³-hybridized carbons (Fsp3) is 0.176. The summed E-state index contributed by atoms with van der Waals surface area (Å²) in [5.41, 5.74) is 0.987. The molecule has 1 N–H and O–H groups in total. The number of thiazole rings is 1. The zero-order valence-corrected chi connectivity index (χ0v) is 14.7. The lowest BCUT2D eigenvalue weighted by Crippen LogP contribution is -2.37. The molecule has 1 aromatic carbocycles. The first kappa shape index (κ1) is 14.5. The van der Waals surface area contributed by atoms with Gasteiger partial charge in [0.2, 0.25) is 0 Å². The molecule has 3 aromatic rings. The van der Waals surface area contributed by atoms with Crippen molar-refractivity contribution < 1.29 is 9.53 Å². The smallest absolute Gasteiger partial charge is 0.316 e. The van der Waals surface area contributed by atoms with Gasteiger partial charge in [0.1, 0.15) is 5.75 Å². The Balaban J connectivity index is 1.77. The van der Waals surface area contributed by atoms with Crippen LogP contribution in [0.3, 0.4) is 0 Å². The minimum Gasteiger partial charge on any atom is -0.426 e. The van der Waals surface area contributed by atoms with Crippen molar-refractivity contribution in [3.63, 3.8) is 0 Å². The number of carbonyl (C=O) groups excluding carboxylic acids is 1. The van der Waals surface area contributed by atoms with Crippen LogP contribution in [0.5, 0.6) is 5.75 Å². The monoisotopic (exact) mass is 373 g/mol. The topological polar surface area (TPSA) is 59.2 Å². The number of carbonyl (C=O) groups is 1. The molecule has 120 valence electrons. The van der Waals surface area contributed by atoms with Crippen molar-refractivity contribution in [3.8, 4) is 5.75 Å². The van der Waals surface area contributed by atoms with E-state index in [-0.39, 0.29) is 27.9 Å². The third kappa shape index (κ3) is 2.05. The molecule has 0 bridgehead atoms. The lowest BCUT2D eigenvalue weighted by Gasteiger charge is -2.38. The van der Waals surface area contributed by atoms with Gasteiger partial charge in [-0.1, -0.05) is 47.4 Å².